The van der Waals surface area contributed by atoms with E-state index in [1.165, 1.54) is 24.3 Å². The standard InChI is InChI=1S/C17H14FNO3/c18-15-2-1-3-16(10-15)22-9-8-14(11-19)12-4-6-13(7-5-12)17(20)21/h1-7,10,14H,8-9H2,(H,20,21). The van der Waals surface area contributed by atoms with Crippen LogP contribution in [0.15, 0.2) is 48.5 Å². The number of benzene rings is 2. The lowest BCUT2D eigenvalue weighted by atomic mass is 9.96. The van der Waals surface area contributed by atoms with Crippen LogP contribution in [-0.2, 0) is 0 Å². The lowest BCUT2D eigenvalue weighted by Crippen LogP contribution is -2.05. The molecule has 2 rings (SSSR count). The number of nitriles is 1. The zero-order chi connectivity index (χ0) is 15.9. The van der Waals surface area contributed by atoms with Crippen molar-refractivity contribution in [2.24, 2.45) is 0 Å². The molecule has 0 aliphatic rings. The molecule has 0 aromatic heterocycles. The fourth-order valence-electron chi connectivity index (χ4n) is 2.02. The van der Waals surface area contributed by atoms with E-state index in [0.29, 0.717) is 12.2 Å². The Bertz CT molecular complexity index is 692. The molecule has 22 heavy (non-hydrogen) atoms. The van der Waals surface area contributed by atoms with Gasteiger partial charge in [-0.3, -0.25) is 0 Å². The first-order valence-corrected chi connectivity index (χ1v) is 6.71. The lowest BCUT2D eigenvalue weighted by Gasteiger charge is -2.11. The van der Waals surface area contributed by atoms with E-state index in [1.54, 1.807) is 24.3 Å². The van der Waals surface area contributed by atoms with Gasteiger partial charge >= 0.3 is 5.97 Å². The van der Waals surface area contributed by atoms with Crippen LogP contribution in [0, 0.1) is 17.1 Å². The molecule has 2 aromatic rings. The zero-order valence-corrected chi connectivity index (χ0v) is 11.7. The molecule has 0 saturated carbocycles. The number of carboxylic acid groups (broad SMARTS) is 1. The Kier molecular flexibility index (Phi) is 5.10. The van der Waals surface area contributed by atoms with Gasteiger partial charge in [0.2, 0.25) is 0 Å². The predicted molar refractivity (Wildman–Crippen MR) is 78.3 cm³/mol. The van der Waals surface area contributed by atoms with Crippen LogP contribution in [-0.4, -0.2) is 17.7 Å². The van der Waals surface area contributed by atoms with E-state index in [-0.39, 0.29) is 18.0 Å². The molecule has 0 aliphatic heterocycles. The van der Waals surface area contributed by atoms with Crippen molar-refractivity contribution in [3.05, 3.63) is 65.5 Å². The molecule has 0 amide bonds. The molecule has 2 aromatic carbocycles. The van der Waals surface area contributed by atoms with Crippen LogP contribution in [0.5, 0.6) is 5.75 Å². The van der Waals surface area contributed by atoms with Crippen LogP contribution in [0.25, 0.3) is 0 Å². The van der Waals surface area contributed by atoms with Crippen LogP contribution in [0.3, 0.4) is 0 Å². The Balaban J connectivity index is 1.95. The number of ether oxygens (including phenoxy) is 1. The second-order valence-corrected chi connectivity index (χ2v) is 4.70. The number of hydrogen-bond acceptors (Lipinski definition) is 3. The third-order valence-electron chi connectivity index (χ3n) is 3.19. The number of aromatic carboxylic acids is 1. The molecule has 0 bridgehead atoms. The van der Waals surface area contributed by atoms with Gasteiger partial charge in [0.05, 0.1) is 24.2 Å². The van der Waals surface area contributed by atoms with Crippen LogP contribution < -0.4 is 4.74 Å². The molecular formula is C17H14FNO3. The van der Waals surface area contributed by atoms with Crippen LogP contribution in [0.2, 0.25) is 0 Å². The predicted octanol–water partition coefficient (Wildman–Crippen LogP) is 3.60. The summed E-state index contributed by atoms with van der Waals surface area (Å²) in [4.78, 5) is 10.8. The fourth-order valence-corrected chi connectivity index (χ4v) is 2.02. The Labute approximate surface area is 127 Å². The van der Waals surface area contributed by atoms with Crippen LogP contribution in [0.1, 0.15) is 28.3 Å². The highest BCUT2D eigenvalue weighted by atomic mass is 19.1. The summed E-state index contributed by atoms with van der Waals surface area (Å²) in [5.41, 5.74) is 0.909. The number of rotatable bonds is 6. The largest absolute Gasteiger partial charge is 0.493 e. The van der Waals surface area contributed by atoms with Gasteiger partial charge in [0, 0.05) is 12.5 Å². The molecule has 1 unspecified atom stereocenters. The van der Waals surface area contributed by atoms with Gasteiger partial charge in [-0.15, -0.1) is 0 Å². The summed E-state index contributed by atoms with van der Waals surface area (Å²) in [7, 11) is 0. The first-order chi connectivity index (χ1) is 10.6. The molecule has 1 N–H and O–H groups in total. The molecular weight excluding hydrogens is 285 g/mol. The van der Waals surface area contributed by atoms with Crippen molar-refractivity contribution in [1.82, 2.24) is 0 Å². The summed E-state index contributed by atoms with van der Waals surface area (Å²) in [6.07, 6.45) is 0.430. The average molecular weight is 299 g/mol. The van der Waals surface area contributed by atoms with Crippen molar-refractivity contribution in [3.63, 3.8) is 0 Å². The van der Waals surface area contributed by atoms with Gasteiger partial charge in [0.15, 0.2) is 0 Å². The highest BCUT2D eigenvalue weighted by Gasteiger charge is 2.12. The quantitative estimate of drug-likeness (QED) is 0.884. The van der Waals surface area contributed by atoms with E-state index in [0.717, 1.165) is 5.56 Å². The maximum Gasteiger partial charge on any atom is 0.335 e. The first kappa shape index (κ1) is 15.5. The monoisotopic (exact) mass is 299 g/mol. The maximum atomic E-state index is 13.0. The summed E-state index contributed by atoms with van der Waals surface area (Å²) in [5, 5.41) is 18.1. The topological polar surface area (TPSA) is 70.3 Å². The first-order valence-electron chi connectivity index (χ1n) is 6.71. The van der Waals surface area contributed by atoms with E-state index < -0.39 is 11.9 Å². The minimum Gasteiger partial charge on any atom is -0.493 e. The Morgan fingerprint density at radius 2 is 2.00 bits per heavy atom. The average Bonchev–Trinajstić information content (AvgIpc) is 2.52. The second kappa shape index (κ2) is 7.23. The van der Waals surface area contributed by atoms with Crippen LogP contribution in [0.4, 0.5) is 4.39 Å². The molecule has 1 atom stereocenters. The van der Waals surface area contributed by atoms with Gasteiger partial charge in [-0.1, -0.05) is 18.2 Å². The number of nitrogens with zero attached hydrogens (tertiary/aromatic N) is 1. The van der Waals surface area contributed by atoms with E-state index in [2.05, 4.69) is 6.07 Å². The van der Waals surface area contributed by atoms with Crippen molar-refractivity contribution in [3.8, 4) is 11.8 Å². The van der Waals surface area contributed by atoms with Gasteiger partial charge in [0.1, 0.15) is 11.6 Å². The maximum absolute atomic E-state index is 13.0. The third-order valence-corrected chi connectivity index (χ3v) is 3.19. The number of carbonyl (C=O) groups is 1. The van der Waals surface area contributed by atoms with Crippen molar-refractivity contribution in [2.45, 2.75) is 12.3 Å². The lowest BCUT2D eigenvalue weighted by molar-refractivity contribution is 0.0697. The molecule has 0 spiro atoms. The molecule has 0 heterocycles. The normalized spacial score (nSPS) is 11.5. The highest BCUT2D eigenvalue weighted by molar-refractivity contribution is 5.87. The Hall–Kier alpha value is -2.87. The van der Waals surface area contributed by atoms with Crippen LogP contribution >= 0.6 is 0 Å². The van der Waals surface area contributed by atoms with E-state index in [4.69, 9.17) is 9.84 Å². The molecule has 0 fully saturated rings. The molecule has 0 saturated heterocycles. The Morgan fingerprint density at radius 1 is 1.27 bits per heavy atom. The molecule has 0 aliphatic carbocycles. The van der Waals surface area contributed by atoms with Crippen molar-refractivity contribution < 1.29 is 19.0 Å². The minimum absolute atomic E-state index is 0.177. The van der Waals surface area contributed by atoms with E-state index in [1.807, 2.05) is 0 Å². The number of carboxylic acids is 1. The number of halogens is 1. The molecule has 0 radical (unpaired) electrons. The third kappa shape index (κ3) is 4.06. The summed E-state index contributed by atoms with van der Waals surface area (Å²) in [6.45, 7) is 0.266. The number of hydrogen-bond donors (Lipinski definition) is 1. The van der Waals surface area contributed by atoms with Gasteiger partial charge in [-0.2, -0.15) is 5.26 Å². The van der Waals surface area contributed by atoms with Gasteiger partial charge in [-0.25, -0.2) is 9.18 Å². The van der Waals surface area contributed by atoms with Gasteiger partial charge in [0.25, 0.3) is 0 Å². The van der Waals surface area contributed by atoms with E-state index >= 15 is 0 Å². The van der Waals surface area contributed by atoms with Crippen molar-refractivity contribution in [1.29, 1.82) is 5.26 Å². The summed E-state index contributed by atoms with van der Waals surface area (Å²) in [5.74, 6) is -1.37. The SMILES string of the molecule is N#CC(CCOc1cccc(F)c1)c1ccc(C(=O)O)cc1. The zero-order valence-electron chi connectivity index (χ0n) is 11.7. The second-order valence-electron chi connectivity index (χ2n) is 4.70. The summed E-state index contributed by atoms with van der Waals surface area (Å²) >= 11 is 0. The molecule has 112 valence electrons. The minimum atomic E-state index is -1.01. The summed E-state index contributed by atoms with van der Waals surface area (Å²) < 4.78 is 18.4. The van der Waals surface area contributed by atoms with E-state index in [9.17, 15) is 14.4 Å². The highest BCUT2D eigenvalue weighted by Crippen LogP contribution is 2.20. The van der Waals surface area contributed by atoms with Gasteiger partial charge in [-0.05, 0) is 29.8 Å². The molecule has 4 nitrogen and oxygen atoms in total. The van der Waals surface area contributed by atoms with Crippen molar-refractivity contribution in [2.75, 3.05) is 6.61 Å². The van der Waals surface area contributed by atoms with Gasteiger partial charge < -0.3 is 9.84 Å². The summed E-state index contributed by atoms with van der Waals surface area (Å²) in [6, 6.07) is 14.2. The Morgan fingerprint density at radius 3 is 2.59 bits per heavy atom. The van der Waals surface area contributed by atoms with Crippen molar-refractivity contribution >= 4 is 5.97 Å². The fraction of sp³-hybridized carbons (Fsp3) is 0.176. The molecule has 5 heteroatoms. The smallest absolute Gasteiger partial charge is 0.335 e.